The molecule has 0 bridgehead atoms. The van der Waals surface area contributed by atoms with Crippen LogP contribution in [0, 0.1) is 0 Å². The van der Waals surface area contributed by atoms with Crippen LogP contribution in [0.1, 0.15) is 38.5 Å². The van der Waals surface area contributed by atoms with Gasteiger partial charge in [0.15, 0.2) is 5.78 Å². The molecule has 0 aliphatic heterocycles. The van der Waals surface area contributed by atoms with Gasteiger partial charge < -0.3 is 4.74 Å². The van der Waals surface area contributed by atoms with Crippen LogP contribution in [0.15, 0.2) is 24.8 Å². The summed E-state index contributed by atoms with van der Waals surface area (Å²) in [4.78, 5) is 22.2. The number of hydrogen-bond donors (Lipinski definition) is 0. The molecule has 0 aromatic carbocycles. The lowest BCUT2D eigenvalue weighted by Crippen LogP contribution is -2.07. The first-order chi connectivity index (χ1) is 9.85. The van der Waals surface area contributed by atoms with Crippen molar-refractivity contribution in [2.24, 2.45) is 0 Å². The summed E-state index contributed by atoms with van der Waals surface area (Å²) >= 11 is 17.4. The average Bonchev–Trinajstić information content (AvgIpc) is 2.40. The second-order valence-electron chi connectivity index (χ2n) is 4.56. The Kier molecular flexibility index (Phi) is 12.1. The zero-order valence-electron chi connectivity index (χ0n) is 12.0. The molecule has 0 atom stereocenters. The van der Waals surface area contributed by atoms with E-state index in [2.05, 4.69) is 6.58 Å². The normalized spacial score (nSPS) is 11.6. The fourth-order valence-corrected chi connectivity index (χ4v) is 3.40. The topological polar surface area (TPSA) is 43.4 Å². The van der Waals surface area contributed by atoms with Crippen molar-refractivity contribution in [3.63, 3.8) is 0 Å². The molecule has 0 amide bonds. The van der Waals surface area contributed by atoms with Gasteiger partial charge in [0.2, 0.25) is 0 Å². The first-order valence-corrected chi connectivity index (χ1v) is 12.1. The monoisotopic (exact) mass is 370 g/mol. The van der Waals surface area contributed by atoms with Gasteiger partial charge in [-0.15, -0.1) is 33.2 Å². The largest absolute Gasteiger partial charge is 0.462 e. The van der Waals surface area contributed by atoms with E-state index in [9.17, 15) is 9.59 Å². The van der Waals surface area contributed by atoms with Gasteiger partial charge in [-0.25, -0.2) is 4.79 Å². The fraction of sp³-hybridized carbons (Fsp3) is 0.571. The molecule has 0 aromatic rings. The molecule has 0 radical (unpaired) electrons. The predicted molar refractivity (Wildman–Crippen MR) is 91.1 cm³/mol. The van der Waals surface area contributed by atoms with Crippen LogP contribution in [0.5, 0.6) is 0 Å². The van der Waals surface area contributed by atoms with Crippen molar-refractivity contribution in [1.29, 1.82) is 0 Å². The third-order valence-corrected chi connectivity index (χ3v) is 5.27. The predicted octanol–water partition coefficient (Wildman–Crippen LogP) is 4.84. The molecule has 3 nitrogen and oxygen atoms in total. The molecule has 0 saturated heterocycles. The quantitative estimate of drug-likeness (QED) is 0.162. The molecule has 21 heavy (non-hydrogen) atoms. The molecule has 0 aliphatic rings. The summed E-state index contributed by atoms with van der Waals surface area (Å²) in [7, 11) is 0. The van der Waals surface area contributed by atoms with Crippen molar-refractivity contribution in [3.8, 4) is 0 Å². The van der Waals surface area contributed by atoms with Crippen molar-refractivity contribution in [2.75, 3.05) is 6.61 Å². The Morgan fingerprint density at radius 1 is 1.10 bits per heavy atom. The van der Waals surface area contributed by atoms with Crippen LogP contribution in [0.2, 0.25) is 6.04 Å². The van der Waals surface area contributed by atoms with Crippen molar-refractivity contribution in [2.45, 2.75) is 44.6 Å². The first-order valence-electron chi connectivity index (χ1n) is 6.90. The third-order valence-electron chi connectivity index (χ3n) is 2.64. The summed E-state index contributed by atoms with van der Waals surface area (Å²) in [6.07, 6.45) is 9.57. The smallest absolute Gasteiger partial charge is 0.341 e. The first kappa shape index (κ1) is 20.7. The van der Waals surface area contributed by atoms with Crippen LogP contribution in [0.3, 0.4) is 0 Å². The Labute approximate surface area is 141 Å². The Hall–Kier alpha value is -0.293. The lowest BCUT2D eigenvalue weighted by Gasteiger charge is -2.06. The van der Waals surface area contributed by atoms with Crippen LogP contribution in [0.4, 0.5) is 0 Å². The van der Waals surface area contributed by atoms with Crippen LogP contribution in [-0.4, -0.2) is 24.4 Å². The van der Waals surface area contributed by atoms with Gasteiger partial charge in [-0.1, -0.05) is 31.9 Å². The number of carbonyl (C=O) groups excluding carboxylic acids is 2. The summed E-state index contributed by atoms with van der Waals surface area (Å²) in [5.74, 6) is -0.557. The number of halogens is 3. The second kappa shape index (κ2) is 12.3. The van der Waals surface area contributed by atoms with Crippen LogP contribution in [0.25, 0.3) is 0 Å². The van der Waals surface area contributed by atoms with Crippen LogP contribution < -0.4 is 0 Å². The highest BCUT2D eigenvalue weighted by molar-refractivity contribution is 7.64. The molecule has 0 aliphatic carbocycles. The Balaban J connectivity index is 3.48. The number of unbranched alkanes of at least 4 members (excludes halogenated alkanes) is 4. The summed E-state index contributed by atoms with van der Waals surface area (Å²) < 4.78 is 4.72. The molecule has 0 N–H and O–H groups in total. The van der Waals surface area contributed by atoms with E-state index in [4.69, 9.17) is 38.0 Å². The molecular weight excluding hydrogens is 351 g/mol. The van der Waals surface area contributed by atoms with E-state index < -0.39 is 12.0 Å². The number of allylic oxidation sites excluding steroid dienone is 2. The molecule has 7 heteroatoms. The van der Waals surface area contributed by atoms with E-state index in [1.54, 1.807) is 0 Å². The number of hydrogen-bond acceptors (Lipinski definition) is 3. The Morgan fingerprint density at radius 3 is 2.38 bits per heavy atom. The van der Waals surface area contributed by atoms with Gasteiger partial charge in [0, 0.05) is 12.5 Å². The van der Waals surface area contributed by atoms with E-state index in [1.165, 1.54) is 6.08 Å². The van der Waals surface area contributed by atoms with E-state index in [1.807, 2.05) is 6.08 Å². The Bertz CT molecular complexity index is 365. The highest BCUT2D eigenvalue weighted by Crippen LogP contribution is 2.27. The minimum absolute atomic E-state index is 0.0472. The maximum atomic E-state index is 11.4. The van der Waals surface area contributed by atoms with Gasteiger partial charge in [0.05, 0.1) is 6.61 Å². The van der Waals surface area contributed by atoms with Crippen molar-refractivity contribution in [1.82, 2.24) is 0 Å². The number of carbonyl (C=O) groups is 2. The van der Waals surface area contributed by atoms with E-state index in [0.717, 1.165) is 38.2 Å². The number of ketones is 1. The maximum absolute atomic E-state index is 11.4. The van der Waals surface area contributed by atoms with Gasteiger partial charge in [-0.05, 0) is 25.0 Å². The lowest BCUT2D eigenvalue weighted by molar-refractivity contribution is -0.138. The van der Waals surface area contributed by atoms with Crippen molar-refractivity contribution in [3.05, 3.63) is 24.8 Å². The van der Waals surface area contributed by atoms with Gasteiger partial charge in [-0.3, -0.25) is 4.79 Å². The number of ether oxygens (including phenoxy) is 1. The van der Waals surface area contributed by atoms with Crippen molar-refractivity contribution < 1.29 is 14.3 Å². The molecular formula is C14H21Cl3O3Si. The number of rotatable bonds is 12. The average molecular weight is 372 g/mol. The van der Waals surface area contributed by atoms with Crippen LogP contribution >= 0.6 is 33.2 Å². The fourth-order valence-electron chi connectivity index (χ4n) is 1.55. The molecule has 0 spiro atoms. The summed E-state index contributed by atoms with van der Waals surface area (Å²) in [5.41, 5.74) is 0. The highest BCUT2D eigenvalue weighted by atomic mass is 35.8. The molecule has 0 fully saturated rings. The molecule has 0 aromatic heterocycles. The van der Waals surface area contributed by atoms with Gasteiger partial charge >= 0.3 is 12.0 Å². The minimum atomic E-state index is -2.46. The summed E-state index contributed by atoms with van der Waals surface area (Å²) in [6.45, 7) is 3.36. The van der Waals surface area contributed by atoms with E-state index >= 15 is 0 Å². The van der Waals surface area contributed by atoms with Crippen molar-refractivity contribution >= 4 is 51.0 Å². The SMILES string of the molecule is C=CC(=O)OCCC(=O)C=CCCCCCC[Si](Cl)(Cl)Cl. The summed E-state index contributed by atoms with van der Waals surface area (Å²) in [5, 5.41) is 0. The van der Waals surface area contributed by atoms with Crippen LogP contribution in [-0.2, 0) is 14.3 Å². The van der Waals surface area contributed by atoms with Gasteiger partial charge in [-0.2, -0.15) is 0 Å². The minimum Gasteiger partial charge on any atom is -0.462 e. The zero-order chi connectivity index (χ0) is 16.1. The molecule has 0 unspecified atom stereocenters. The zero-order valence-corrected chi connectivity index (χ0v) is 15.2. The molecule has 0 heterocycles. The van der Waals surface area contributed by atoms with Gasteiger partial charge in [0.25, 0.3) is 0 Å². The third kappa shape index (κ3) is 15.9. The standard InChI is InChI=1S/C14H21Cl3O3Si/c1-2-14(19)20-11-10-13(18)9-7-5-3-4-6-8-12-21(15,16)17/h2,7,9H,1,3-6,8,10-12H2. The van der Waals surface area contributed by atoms with Gasteiger partial charge in [0.1, 0.15) is 0 Å². The van der Waals surface area contributed by atoms with E-state index in [0.29, 0.717) is 6.04 Å². The molecule has 0 rings (SSSR count). The molecule has 0 saturated carbocycles. The highest BCUT2D eigenvalue weighted by Gasteiger charge is 2.23. The summed E-state index contributed by atoms with van der Waals surface area (Å²) in [6, 6.07) is -1.75. The molecule has 120 valence electrons. The van der Waals surface area contributed by atoms with E-state index in [-0.39, 0.29) is 18.8 Å². The second-order valence-corrected chi connectivity index (χ2v) is 13.8. The maximum Gasteiger partial charge on any atom is 0.341 e. The lowest BCUT2D eigenvalue weighted by atomic mass is 10.1. The Morgan fingerprint density at radius 2 is 1.76 bits per heavy atom. The number of esters is 1.